The van der Waals surface area contributed by atoms with E-state index in [4.69, 9.17) is 9.47 Å². The van der Waals surface area contributed by atoms with Crippen LogP contribution in [0.25, 0.3) is 11.1 Å². The number of benzene rings is 2. The average Bonchev–Trinajstić information content (AvgIpc) is 3.22. The maximum absolute atomic E-state index is 14.8. The molecule has 12 heteroatoms. The molecule has 3 atom stereocenters. The SMILES string of the molecule is CC1Cc2cc(OCc3cc(-c4ccc(OCCC(C)(O)C(F)F)cc4)c(C(F)(F)F)cc3F)ncc2[C@H]1C(=O)O. The number of carboxylic acids is 1. The largest absolute Gasteiger partial charge is 0.493 e. The van der Waals surface area contributed by atoms with Crippen molar-refractivity contribution in [2.45, 2.75) is 57.4 Å². The molecule has 41 heavy (non-hydrogen) atoms. The number of rotatable bonds is 10. The Kier molecular flexibility index (Phi) is 8.53. The summed E-state index contributed by atoms with van der Waals surface area (Å²) in [5.74, 6) is -2.70. The number of alkyl halides is 5. The van der Waals surface area contributed by atoms with Gasteiger partial charge < -0.3 is 19.7 Å². The van der Waals surface area contributed by atoms with Crippen molar-refractivity contribution in [3.05, 3.63) is 76.7 Å². The first-order valence-corrected chi connectivity index (χ1v) is 12.6. The number of aliphatic hydroxyl groups is 1. The van der Waals surface area contributed by atoms with Crippen LogP contribution in [0.3, 0.4) is 0 Å². The molecule has 0 amide bonds. The maximum atomic E-state index is 14.8. The van der Waals surface area contributed by atoms with E-state index in [0.29, 0.717) is 18.1 Å². The van der Waals surface area contributed by atoms with Gasteiger partial charge in [-0.1, -0.05) is 19.1 Å². The van der Waals surface area contributed by atoms with Gasteiger partial charge in [-0.15, -0.1) is 0 Å². The minimum atomic E-state index is -4.87. The number of nitrogens with zero attached hydrogens (tertiary/aromatic N) is 1. The minimum Gasteiger partial charge on any atom is -0.493 e. The highest BCUT2D eigenvalue weighted by Gasteiger charge is 2.37. The third-order valence-electron chi connectivity index (χ3n) is 7.09. The molecule has 1 heterocycles. The first kappa shape index (κ1) is 30.2. The van der Waals surface area contributed by atoms with Crippen molar-refractivity contribution >= 4 is 5.97 Å². The van der Waals surface area contributed by atoms with Crippen molar-refractivity contribution in [1.82, 2.24) is 4.98 Å². The molecule has 1 aromatic heterocycles. The van der Waals surface area contributed by atoms with Gasteiger partial charge in [0.25, 0.3) is 6.43 Å². The summed E-state index contributed by atoms with van der Waals surface area (Å²) in [7, 11) is 0. The van der Waals surface area contributed by atoms with Crippen molar-refractivity contribution in [3.63, 3.8) is 0 Å². The second kappa shape index (κ2) is 11.6. The summed E-state index contributed by atoms with van der Waals surface area (Å²) in [6, 6.07) is 8.28. The highest BCUT2D eigenvalue weighted by atomic mass is 19.4. The zero-order chi connectivity index (χ0) is 30.1. The van der Waals surface area contributed by atoms with Crippen molar-refractivity contribution in [2.75, 3.05) is 6.61 Å². The van der Waals surface area contributed by atoms with E-state index in [1.165, 1.54) is 30.5 Å². The van der Waals surface area contributed by atoms with E-state index >= 15 is 0 Å². The number of hydrogen-bond acceptors (Lipinski definition) is 5. The van der Waals surface area contributed by atoms with Gasteiger partial charge in [0.15, 0.2) is 0 Å². The Bertz CT molecular complexity index is 1410. The Balaban J connectivity index is 1.53. The van der Waals surface area contributed by atoms with E-state index in [9.17, 15) is 41.4 Å². The van der Waals surface area contributed by atoms with Crippen LogP contribution in [-0.4, -0.2) is 39.8 Å². The molecular formula is C29H27F6NO5. The number of hydrogen-bond donors (Lipinski definition) is 2. The number of carbonyl (C=O) groups is 1. The lowest BCUT2D eigenvalue weighted by molar-refractivity contribution is -0.140. The van der Waals surface area contributed by atoms with Crippen LogP contribution in [0, 0.1) is 11.7 Å². The third-order valence-corrected chi connectivity index (χ3v) is 7.09. The lowest BCUT2D eigenvalue weighted by Gasteiger charge is -2.22. The van der Waals surface area contributed by atoms with Gasteiger partial charge >= 0.3 is 12.1 Å². The average molecular weight is 584 g/mol. The van der Waals surface area contributed by atoms with Crippen LogP contribution in [0.4, 0.5) is 26.3 Å². The molecular weight excluding hydrogens is 556 g/mol. The molecule has 0 saturated carbocycles. The van der Waals surface area contributed by atoms with Gasteiger partial charge in [-0.2, -0.15) is 13.2 Å². The Morgan fingerprint density at radius 2 is 1.80 bits per heavy atom. The smallest absolute Gasteiger partial charge is 0.417 e. The van der Waals surface area contributed by atoms with Crippen molar-refractivity contribution in [2.24, 2.45) is 5.92 Å². The van der Waals surface area contributed by atoms with Gasteiger partial charge in [0.1, 0.15) is 23.8 Å². The standard InChI is InChI=1S/C29H27F6NO5/c1-15-9-17-11-24(36-13-21(17)25(15)26(37)38)41-14-18-10-20(22(12-23(18)30)29(33,34)35)16-3-5-19(6-4-16)40-8-7-28(2,39)27(31)32/h3-6,10-13,15,25,27,39H,7-9,14H2,1-2H3,(H,37,38)/t15?,25-,28?/m0/s1. The predicted octanol–water partition coefficient (Wildman–Crippen LogP) is 6.63. The molecule has 1 aliphatic carbocycles. The van der Waals surface area contributed by atoms with Crippen molar-refractivity contribution in [3.8, 4) is 22.8 Å². The monoisotopic (exact) mass is 583 g/mol. The Morgan fingerprint density at radius 1 is 1.12 bits per heavy atom. The van der Waals surface area contributed by atoms with E-state index in [1.807, 2.05) is 0 Å². The normalized spacial score (nSPS) is 18.2. The Hall–Kier alpha value is -3.80. The molecule has 1 aliphatic rings. The molecule has 2 aromatic carbocycles. The Labute approximate surface area is 231 Å². The molecule has 2 N–H and O–H groups in total. The van der Waals surface area contributed by atoms with Crippen LogP contribution in [0.5, 0.6) is 11.6 Å². The number of carboxylic acid groups (broad SMARTS) is 1. The molecule has 6 nitrogen and oxygen atoms in total. The number of ether oxygens (including phenoxy) is 2. The fourth-order valence-corrected chi connectivity index (χ4v) is 4.74. The van der Waals surface area contributed by atoms with Crippen molar-refractivity contribution in [1.29, 1.82) is 0 Å². The number of halogens is 6. The second-order valence-corrected chi connectivity index (χ2v) is 10.3. The van der Waals surface area contributed by atoms with Gasteiger partial charge in [0.2, 0.25) is 5.88 Å². The summed E-state index contributed by atoms with van der Waals surface area (Å²) in [4.78, 5) is 15.7. The lowest BCUT2D eigenvalue weighted by atomic mass is 9.95. The van der Waals surface area contributed by atoms with E-state index < -0.39 is 48.1 Å². The highest BCUT2D eigenvalue weighted by Crippen LogP contribution is 2.40. The van der Waals surface area contributed by atoms with E-state index in [2.05, 4.69) is 4.98 Å². The summed E-state index contributed by atoms with van der Waals surface area (Å²) >= 11 is 0. The van der Waals surface area contributed by atoms with Gasteiger partial charge in [0, 0.05) is 24.2 Å². The van der Waals surface area contributed by atoms with Crippen LogP contribution in [0.15, 0.2) is 48.7 Å². The van der Waals surface area contributed by atoms with Crippen LogP contribution in [-0.2, 0) is 24.0 Å². The molecule has 0 saturated heterocycles. The van der Waals surface area contributed by atoms with E-state index in [0.717, 1.165) is 18.6 Å². The maximum Gasteiger partial charge on any atom is 0.417 e. The first-order chi connectivity index (χ1) is 19.2. The molecule has 0 spiro atoms. The fraction of sp³-hybridized carbons (Fsp3) is 0.379. The molecule has 0 aliphatic heterocycles. The van der Waals surface area contributed by atoms with Crippen LogP contribution in [0.1, 0.15) is 48.4 Å². The zero-order valence-corrected chi connectivity index (χ0v) is 22.0. The highest BCUT2D eigenvalue weighted by molar-refractivity contribution is 5.78. The first-order valence-electron chi connectivity index (χ1n) is 12.6. The number of aliphatic carboxylic acids is 1. The minimum absolute atomic E-state index is 0.0788. The van der Waals surface area contributed by atoms with Gasteiger partial charge in [-0.05, 0) is 65.8 Å². The Morgan fingerprint density at radius 3 is 2.41 bits per heavy atom. The van der Waals surface area contributed by atoms with Gasteiger partial charge in [-0.25, -0.2) is 18.2 Å². The molecule has 4 rings (SSSR count). The summed E-state index contributed by atoms with van der Waals surface area (Å²) in [6.07, 6.45) is -6.35. The number of fused-ring (bicyclic) bond motifs is 1. The summed E-state index contributed by atoms with van der Waals surface area (Å²) in [5.41, 5.74) is -2.55. The molecule has 3 aromatic rings. The molecule has 0 fully saturated rings. The summed E-state index contributed by atoms with van der Waals surface area (Å²) < 4.78 is 92.7. The molecule has 220 valence electrons. The number of pyridine rings is 1. The lowest BCUT2D eigenvalue weighted by Crippen LogP contribution is -2.35. The quantitative estimate of drug-likeness (QED) is 0.261. The predicted molar refractivity (Wildman–Crippen MR) is 135 cm³/mol. The van der Waals surface area contributed by atoms with Crippen LogP contribution < -0.4 is 9.47 Å². The van der Waals surface area contributed by atoms with Gasteiger partial charge in [0.05, 0.1) is 18.1 Å². The van der Waals surface area contributed by atoms with Gasteiger partial charge in [-0.3, -0.25) is 4.79 Å². The summed E-state index contributed by atoms with van der Waals surface area (Å²) in [5, 5.41) is 19.1. The number of aromatic nitrogens is 1. The molecule has 0 radical (unpaired) electrons. The van der Waals surface area contributed by atoms with Crippen LogP contribution in [0.2, 0.25) is 0 Å². The fourth-order valence-electron chi connectivity index (χ4n) is 4.74. The summed E-state index contributed by atoms with van der Waals surface area (Å²) in [6.45, 7) is 2.07. The molecule has 2 unspecified atom stereocenters. The second-order valence-electron chi connectivity index (χ2n) is 10.3. The topological polar surface area (TPSA) is 88.9 Å². The van der Waals surface area contributed by atoms with E-state index in [1.54, 1.807) is 13.0 Å². The third kappa shape index (κ3) is 6.75. The van der Waals surface area contributed by atoms with Crippen molar-refractivity contribution < 1.29 is 50.8 Å². The zero-order valence-electron chi connectivity index (χ0n) is 22.0. The van der Waals surface area contributed by atoms with Crippen LogP contribution >= 0.6 is 0 Å². The molecule has 0 bridgehead atoms. The van der Waals surface area contributed by atoms with E-state index in [-0.39, 0.29) is 47.3 Å².